The molecule has 3 aliphatic rings. The highest BCUT2D eigenvalue weighted by Crippen LogP contribution is 2.46. The number of urea groups is 1. The minimum Gasteiger partial charge on any atom is -0.427 e. The predicted molar refractivity (Wildman–Crippen MR) is 132 cm³/mol. The van der Waals surface area contributed by atoms with E-state index < -0.39 is 17.6 Å². The van der Waals surface area contributed by atoms with Crippen molar-refractivity contribution in [2.75, 3.05) is 18.9 Å². The van der Waals surface area contributed by atoms with Gasteiger partial charge in [-0.05, 0) is 55.4 Å². The number of rotatable bonds is 7. The van der Waals surface area contributed by atoms with E-state index in [-0.39, 0.29) is 24.5 Å². The molecule has 0 unspecified atom stereocenters. The van der Waals surface area contributed by atoms with Crippen molar-refractivity contribution in [2.24, 2.45) is 5.92 Å². The molecule has 0 bridgehead atoms. The van der Waals surface area contributed by atoms with Gasteiger partial charge in [-0.25, -0.2) is 14.5 Å². The first-order chi connectivity index (χ1) is 17.3. The summed E-state index contributed by atoms with van der Waals surface area (Å²) in [7, 11) is 1.52. The van der Waals surface area contributed by atoms with E-state index in [0.717, 1.165) is 28.9 Å². The number of carbonyl (C=O) groups is 4. The zero-order valence-corrected chi connectivity index (χ0v) is 20.5. The fourth-order valence-electron chi connectivity index (χ4n) is 5.22. The zero-order valence-electron chi connectivity index (χ0n) is 20.5. The summed E-state index contributed by atoms with van der Waals surface area (Å²) in [5.74, 6) is -0.348. The molecule has 2 aliphatic carbocycles. The van der Waals surface area contributed by atoms with Crippen LogP contribution in [0.3, 0.4) is 0 Å². The van der Waals surface area contributed by atoms with Crippen LogP contribution in [0, 0.1) is 5.92 Å². The molecule has 2 atom stereocenters. The van der Waals surface area contributed by atoms with Gasteiger partial charge in [0.25, 0.3) is 5.91 Å². The lowest BCUT2D eigenvalue weighted by Crippen LogP contribution is -2.47. The second-order valence-electron chi connectivity index (χ2n) is 9.75. The van der Waals surface area contributed by atoms with E-state index in [1.807, 2.05) is 37.3 Å². The van der Waals surface area contributed by atoms with Gasteiger partial charge in [-0.2, -0.15) is 0 Å². The third-order valence-electron chi connectivity index (χ3n) is 7.45. The predicted octanol–water partition coefficient (Wildman–Crippen LogP) is 3.39. The molecule has 188 valence electrons. The summed E-state index contributed by atoms with van der Waals surface area (Å²) in [4.78, 5) is 54.3. The highest BCUT2D eigenvalue weighted by molar-refractivity contribution is 6.06. The summed E-state index contributed by atoms with van der Waals surface area (Å²) in [6, 6.07) is 14.5. The number of hydrogen-bond acceptors (Lipinski definition) is 5. The van der Waals surface area contributed by atoms with Crippen molar-refractivity contribution < 1.29 is 23.9 Å². The van der Waals surface area contributed by atoms with Crippen molar-refractivity contribution in [2.45, 2.75) is 50.8 Å². The van der Waals surface area contributed by atoms with Gasteiger partial charge in [-0.3, -0.25) is 9.59 Å². The molecule has 0 aromatic heterocycles. The molecule has 2 aromatic carbocycles. The highest BCUT2D eigenvalue weighted by Gasteiger charge is 2.58. The van der Waals surface area contributed by atoms with E-state index >= 15 is 0 Å². The molecule has 5 rings (SSSR count). The Labute approximate surface area is 209 Å². The average molecular weight is 491 g/mol. The summed E-state index contributed by atoms with van der Waals surface area (Å²) < 4.78 is 5.69. The number of amides is 5. The number of nitrogens with one attached hydrogen (secondary N) is 2. The maximum Gasteiger partial charge on any atom is 0.418 e. The molecule has 0 radical (unpaired) electrons. The minimum atomic E-state index is -1.43. The van der Waals surface area contributed by atoms with E-state index in [2.05, 4.69) is 10.6 Å². The Morgan fingerprint density at radius 2 is 1.92 bits per heavy atom. The molecule has 2 N–H and O–H groups in total. The standard InChI is InChI=1S/C27H30N4O5/c1-17(19-8-9-19)30(15-18-6-4-3-5-7-18)23(32)16-31-24(33)27(36-26(31)35)13-12-20-14-21(10-11-22(20)27)29-25(34)28-2/h3-7,10-11,14,17,19H,8-9,12-13,15-16H2,1-2H3,(H2,28,29,34)/t17-,27-/m0/s1. The number of anilines is 1. The maximum absolute atomic E-state index is 13.6. The summed E-state index contributed by atoms with van der Waals surface area (Å²) >= 11 is 0. The summed E-state index contributed by atoms with van der Waals surface area (Å²) in [5, 5.41) is 5.20. The van der Waals surface area contributed by atoms with E-state index in [0.29, 0.717) is 36.6 Å². The molecule has 9 heteroatoms. The van der Waals surface area contributed by atoms with Crippen molar-refractivity contribution in [1.29, 1.82) is 0 Å². The van der Waals surface area contributed by atoms with Crippen molar-refractivity contribution in [3.63, 3.8) is 0 Å². The molecule has 2 fully saturated rings. The Morgan fingerprint density at radius 3 is 2.61 bits per heavy atom. The van der Waals surface area contributed by atoms with E-state index in [1.165, 1.54) is 7.05 Å². The second kappa shape index (κ2) is 9.29. The third-order valence-corrected chi connectivity index (χ3v) is 7.45. The molecule has 1 heterocycles. The third kappa shape index (κ3) is 4.29. The largest absolute Gasteiger partial charge is 0.427 e. The Kier molecular flexibility index (Phi) is 6.15. The van der Waals surface area contributed by atoms with Crippen LogP contribution in [-0.4, -0.2) is 53.4 Å². The van der Waals surface area contributed by atoms with Crippen molar-refractivity contribution in [3.8, 4) is 0 Å². The Morgan fingerprint density at radius 1 is 1.17 bits per heavy atom. The monoisotopic (exact) mass is 490 g/mol. The molecule has 1 spiro atoms. The Bertz CT molecular complexity index is 1210. The zero-order chi connectivity index (χ0) is 25.4. The van der Waals surface area contributed by atoms with Crippen molar-refractivity contribution >= 4 is 29.6 Å². The van der Waals surface area contributed by atoms with Gasteiger partial charge in [0.2, 0.25) is 11.5 Å². The van der Waals surface area contributed by atoms with Gasteiger partial charge in [0.1, 0.15) is 6.54 Å². The van der Waals surface area contributed by atoms with E-state index in [9.17, 15) is 19.2 Å². The minimum absolute atomic E-state index is 0.0128. The van der Waals surface area contributed by atoms with Gasteiger partial charge < -0.3 is 20.3 Å². The number of fused-ring (bicyclic) bond motifs is 2. The molecule has 1 aliphatic heterocycles. The first-order valence-electron chi connectivity index (χ1n) is 12.3. The summed E-state index contributed by atoms with van der Waals surface area (Å²) in [5.41, 5.74) is 1.58. The van der Waals surface area contributed by atoms with Gasteiger partial charge in [0, 0.05) is 37.3 Å². The fraction of sp³-hybridized carbons (Fsp3) is 0.407. The Hall–Kier alpha value is -3.88. The number of ether oxygens (including phenoxy) is 1. The molecule has 1 saturated heterocycles. The number of carbonyl (C=O) groups excluding carboxylic acids is 4. The highest BCUT2D eigenvalue weighted by atomic mass is 16.6. The second-order valence-corrected chi connectivity index (χ2v) is 9.75. The van der Waals surface area contributed by atoms with Gasteiger partial charge in [0.15, 0.2) is 0 Å². The van der Waals surface area contributed by atoms with Crippen LogP contribution in [0.25, 0.3) is 0 Å². The van der Waals surface area contributed by atoms with Crippen LogP contribution in [0.5, 0.6) is 0 Å². The van der Waals surface area contributed by atoms with Crippen LogP contribution >= 0.6 is 0 Å². The van der Waals surface area contributed by atoms with Crippen LogP contribution < -0.4 is 10.6 Å². The number of benzene rings is 2. The van der Waals surface area contributed by atoms with Crippen molar-refractivity contribution in [1.82, 2.24) is 15.1 Å². The van der Waals surface area contributed by atoms with Gasteiger partial charge in [-0.15, -0.1) is 0 Å². The Balaban J connectivity index is 1.35. The van der Waals surface area contributed by atoms with Crippen LogP contribution in [0.2, 0.25) is 0 Å². The smallest absolute Gasteiger partial charge is 0.418 e. The summed E-state index contributed by atoms with van der Waals surface area (Å²) in [6.45, 7) is 2.10. The molecule has 9 nitrogen and oxygen atoms in total. The van der Waals surface area contributed by atoms with Crippen LogP contribution in [-0.2, 0) is 32.9 Å². The molecule has 1 saturated carbocycles. The summed E-state index contributed by atoms with van der Waals surface area (Å²) in [6.07, 6.45) is 2.15. The lowest BCUT2D eigenvalue weighted by molar-refractivity contribution is -0.143. The van der Waals surface area contributed by atoms with Gasteiger partial charge >= 0.3 is 12.1 Å². The quantitative estimate of drug-likeness (QED) is 0.619. The first kappa shape index (κ1) is 23.8. The lowest BCUT2D eigenvalue weighted by atomic mass is 9.94. The number of nitrogens with zero attached hydrogens (tertiary/aromatic N) is 2. The van der Waals surface area contributed by atoms with Gasteiger partial charge in [0.05, 0.1) is 0 Å². The molecule has 5 amide bonds. The van der Waals surface area contributed by atoms with E-state index in [4.69, 9.17) is 4.74 Å². The lowest BCUT2D eigenvalue weighted by Gasteiger charge is -2.30. The van der Waals surface area contributed by atoms with Crippen molar-refractivity contribution in [3.05, 3.63) is 65.2 Å². The fourth-order valence-corrected chi connectivity index (χ4v) is 5.22. The average Bonchev–Trinajstić information content (AvgIpc) is 3.63. The van der Waals surface area contributed by atoms with Crippen LogP contribution in [0.1, 0.15) is 42.9 Å². The molecule has 36 heavy (non-hydrogen) atoms. The van der Waals surface area contributed by atoms with Gasteiger partial charge in [-0.1, -0.05) is 36.4 Å². The molecule has 2 aromatic rings. The first-order valence-corrected chi connectivity index (χ1v) is 12.3. The maximum atomic E-state index is 13.6. The number of imide groups is 1. The molecular formula is C27H30N4O5. The molecular weight excluding hydrogens is 460 g/mol. The SMILES string of the molecule is CNC(=O)Nc1ccc2c(c1)CC[C@]21OC(=O)N(CC(=O)N(Cc2ccccc2)[C@@H](C)C2CC2)C1=O. The normalized spacial score (nSPS) is 21.2. The number of aryl methyl sites for hydroxylation is 1. The van der Waals surface area contributed by atoms with Crippen LogP contribution in [0.15, 0.2) is 48.5 Å². The van der Waals surface area contributed by atoms with Crippen LogP contribution in [0.4, 0.5) is 15.3 Å². The van der Waals surface area contributed by atoms with E-state index in [1.54, 1.807) is 23.1 Å². The topological polar surface area (TPSA) is 108 Å². The number of hydrogen-bond donors (Lipinski definition) is 2.